The summed E-state index contributed by atoms with van der Waals surface area (Å²) in [6, 6.07) is 0. The molecule has 0 saturated heterocycles. The van der Waals surface area contributed by atoms with Crippen LogP contribution in [-0.2, 0) is 38.3 Å². The summed E-state index contributed by atoms with van der Waals surface area (Å²) >= 11 is 0. The van der Waals surface area contributed by atoms with Crippen molar-refractivity contribution >= 4 is 31.0 Å². The van der Waals surface area contributed by atoms with Crippen LogP contribution < -0.4 is 39.8 Å². The van der Waals surface area contributed by atoms with Crippen LogP contribution in [0.25, 0.3) is 0 Å². The summed E-state index contributed by atoms with van der Waals surface area (Å²) in [6.07, 6.45) is 0. The van der Waals surface area contributed by atoms with Crippen LogP contribution in [-0.4, -0.2) is 25.3 Å². The first-order chi connectivity index (χ1) is 5.41. The molecule has 0 bridgehead atoms. The van der Waals surface area contributed by atoms with E-state index in [4.69, 9.17) is 0 Å². The van der Waals surface area contributed by atoms with E-state index in [1.54, 1.807) is 0 Å². The molecule has 0 atom stereocenters. The molecule has 0 aromatic heterocycles. The van der Waals surface area contributed by atoms with E-state index in [9.17, 15) is 25.3 Å². The zero-order valence-electron chi connectivity index (χ0n) is 7.65. The smallest absolute Gasteiger partial charge is 1.00 e. The fourth-order valence-electron chi connectivity index (χ4n) is 0.244. The van der Waals surface area contributed by atoms with Crippen molar-refractivity contribution < 1.29 is 63.5 Å². The zero-order valence-corrected chi connectivity index (χ0v) is 11.1. The Balaban J connectivity index is -0.000000720. The van der Waals surface area contributed by atoms with Gasteiger partial charge in [-0.2, -0.15) is 25.3 Å². The summed E-state index contributed by atoms with van der Waals surface area (Å²) in [5.41, 5.74) is 0. The predicted molar refractivity (Wildman–Crippen MR) is 38.4 cm³/mol. The number of hydrogen-bond donors (Lipinski definition) is 2. The van der Waals surface area contributed by atoms with Crippen molar-refractivity contribution in [2.45, 2.75) is 0 Å². The third-order valence-electron chi connectivity index (χ3n) is 0.356. The van der Waals surface area contributed by atoms with E-state index in [1.807, 2.05) is 0 Å². The minimum atomic E-state index is -5.32. The molecule has 0 fully saturated rings. The molecular weight excluding hydrogens is 275 g/mol. The molecule has 14 heteroatoms. The van der Waals surface area contributed by atoms with E-state index in [-0.39, 0.29) is 31.0 Å². The molecule has 0 unspecified atom stereocenters. The van der Waals surface area contributed by atoms with E-state index < -0.39 is 31.0 Å². The molecule has 0 aromatic rings. The second-order valence-electron chi connectivity index (χ2n) is 1.53. The molecule has 0 aliphatic rings. The van der Waals surface area contributed by atoms with Gasteiger partial charge >= 0.3 is 60.6 Å². The molecule has 0 aromatic carbocycles. The molecule has 4 N–H and O–H groups in total. The van der Waals surface area contributed by atoms with E-state index in [0.717, 1.165) is 0 Å². The summed E-state index contributed by atoms with van der Waals surface area (Å²) in [5.74, 6) is 0. The van der Waals surface area contributed by atoms with E-state index >= 15 is 0 Å². The van der Waals surface area contributed by atoms with Crippen LogP contribution in [0.1, 0.15) is 1.43 Å². The minimum absolute atomic E-state index is 0. The maximum Gasteiger partial charge on any atom is 1.00 e. The largest absolute Gasteiger partial charge is 1.00 e. The molecule has 10 nitrogen and oxygen atoms in total. The first kappa shape index (κ1) is 17.1. The standard InChI is InChI=1S/H4N2O8S3.Na.H/c1-11(3,4)9-13(7,8)10-12(2,5)6;;/h(H2,1,3,4)(H2,2,5,6);;/q;+1;-1. The SMILES string of the molecule is NS(=O)(=O)OS(=O)(=O)OS(N)(=O)=O.[H-].[Na+]. The zero-order chi connectivity index (χ0) is 10.9. The van der Waals surface area contributed by atoms with Crippen molar-refractivity contribution in [2.75, 3.05) is 0 Å². The Bertz CT molecular complexity index is 432. The van der Waals surface area contributed by atoms with Gasteiger partial charge in [-0.3, -0.25) is 0 Å². The number of rotatable bonds is 4. The molecule has 0 aliphatic carbocycles. The molecule has 0 radical (unpaired) electrons. The third-order valence-corrected chi connectivity index (χ3v) is 3.21. The van der Waals surface area contributed by atoms with Crippen molar-refractivity contribution in [3.63, 3.8) is 0 Å². The predicted octanol–water partition coefficient (Wildman–Crippen LogP) is -6.21. The van der Waals surface area contributed by atoms with Gasteiger partial charge in [-0.1, -0.05) is 0 Å². The van der Waals surface area contributed by atoms with E-state index in [1.165, 1.54) is 0 Å². The van der Waals surface area contributed by atoms with Gasteiger partial charge < -0.3 is 1.43 Å². The summed E-state index contributed by atoms with van der Waals surface area (Å²) in [4.78, 5) is 0. The second-order valence-corrected chi connectivity index (χ2v) is 5.41. The fourth-order valence-corrected chi connectivity index (χ4v) is 2.40. The van der Waals surface area contributed by atoms with Crippen molar-refractivity contribution in [3.8, 4) is 0 Å². The maximum absolute atomic E-state index is 10.3. The average Bonchev–Trinajstić information content (AvgIpc) is 1.43. The summed E-state index contributed by atoms with van der Waals surface area (Å²) < 4.78 is 66.7. The Morgan fingerprint density at radius 1 is 0.786 bits per heavy atom. The van der Waals surface area contributed by atoms with Crippen molar-refractivity contribution in [2.24, 2.45) is 10.3 Å². The van der Waals surface area contributed by atoms with Crippen LogP contribution in [0.2, 0.25) is 0 Å². The molecule has 14 heavy (non-hydrogen) atoms. The maximum atomic E-state index is 10.3. The van der Waals surface area contributed by atoms with Crippen LogP contribution >= 0.6 is 0 Å². The third kappa shape index (κ3) is 10.8. The Morgan fingerprint density at radius 3 is 1.14 bits per heavy atom. The molecule has 0 aliphatic heterocycles. The molecular formula is H5N2NaO8S3. The topological polar surface area (TPSA) is 173 Å². The van der Waals surface area contributed by atoms with Crippen LogP contribution in [0.15, 0.2) is 0 Å². The minimum Gasteiger partial charge on any atom is -1.00 e. The molecule has 0 rings (SSSR count). The molecule has 0 saturated carbocycles. The number of hydrogen-bond acceptors (Lipinski definition) is 8. The molecule has 0 heterocycles. The Kier molecular flexibility index (Phi) is 6.29. The van der Waals surface area contributed by atoms with Gasteiger partial charge in [-0.15, -0.1) is 7.26 Å². The van der Waals surface area contributed by atoms with Gasteiger partial charge in [-0.25, -0.2) is 10.3 Å². The van der Waals surface area contributed by atoms with Gasteiger partial charge in [0, 0.05) is 0 Å². The van der Waals surface area contributed by atoms with Crippen LogP contribution in [0, 0.1) is 0 Å². The first-order valence-electron chi connectivity index (χ1n) is 2.14. The van der Waals surface area contributed by atoms with Gasteiger partial charge in [0.25, 0.3) is 0 Å². The molecule has 0 spiro atoms. The Morgan fingerprint density at radius 2 is 1.00 bits per heavy atom. The van der Waals surface area contributed by atoms with Crippen LogP contribution in [0.4, 0.5) is 0 Å². The Labute approximate surface area is 104 Å². The van der Waals surface area contributed by atoms with Crippen LogP contribution in [0.5, 0.6) is 0 Å². The van der Waals surface area contributed by atoms with Gasteiger partial charge in [0.1, 0.15) is 0 Å². The van der Waals surface area contributed by atoms with Gasteiger partial charge in [-0.05, 0) is 0 Å². The Hall–Kier alpha value is 0.690. The monoisotopic (exact) mass is 280 g/mol. The summed E-state index contributed by atoms with van der Waals surface area (Å²) in [6.45, 7) is 0. The van der Waals surface area contributed by atoms with Crippen molar-refractivity contribution in [1.29, 1.82) is 0 Å². The quantitative estimate of drug-likeness (QED) is 0.478. The second kappa shape index (κ2) is 5.15. The normalized spacial score (nSPS) is 13.3. The fraction of sp³-hybridized carbons (Fsp3) is 0. The van der Waals surface area contributed by atoms with Crippen molar-refractivity contribution in [1.82, 2.24) is 0 Å². The average molecular weight is 280 g/mol. The van der Waals surface area contributed by atoms with Gasteiger partial charge in [0.2, 0.25) is 0 Å². The van der Waals surface area contributed by atoms with E-state index in [0.29, 0.717) is 0 Å². The summed E-state index contributed by atoms with van der Waals surface area (Å²) in [7, 11) is -15.1. The van der Waals surface area contributed by atoms with Gasteiger partial charge in [0.05, 0.1) is 0 Å². The van der Waals surface area contributed by atoms with E-state index in [2.05, 4.69) is 17.5 Å². The number of nitrogens with two attached hydrogens (primary N) is 2. The van der Waals surface area contributed by atoms with Crippen molar-refractivity contribution in [3.05, 3.63) is 0 Å². The summed E-state index contributed by atoms with van der Waals surface area (Å²) in [5, 5.41) is 8.19. The van der Waals surface area contributed by atoms with Crippen LogP contribution in [0.3, 0.4) is 0 Å². The molecule has 82 valence electrons. The molecule has 0 amide bonds. The first-order valence-corrected chi connectivity index (χ1v) is 6.41. The van der Waals surface area contributed by atoms with Gasteiger partial charge in [0.15, 0.2) is 0 Å².